The van der Waals surface area contributed by atoms with Gasteiger partial charge in [-0.25, -0.2) is 0 Å². The van der Waals surface area contributed by atoms with Crippen LogP contribution in [0.5, 0.6) is 0 Å². The first kappa shape index (κ1) is 30.6. The zero-order valence-corrected chi connectivity index (χ0v) is 29.8. The summed E-state index contributed by atoms with van der Waals surface area (Å²) in [6, 6.07) is 70.3. The summed E-state index contributed by atoms with van der Waals surface area (Å²) in [5.74, 6) is 0. The van der Waals surface area contributed by atoms with Crippen molar-refractivity contribution in [2.75, 3.05) is 9.80 Å². The number of nitrogens with zero attached hydrogens (tertiary/aromatic N) is 2. The monoisotopic (exact) mass is 700 g/mol. The first-order valence-electron chi connectivity index (χ1n) is 17.5. The summed E-state index contributed by atoms with van der Waals surface area (Å²) >= 11 is 3.71. The van der Waals surface area contributed by atoms with E-state index in [0.717, 1.165) is 34.1 Å². The fourth-order valence-electron chi connectivity index (χ4n) is 7.36. The van der Waals surface area contributed by atoms with Crippen molar-refractivity contribution in [1.82, 2.24) is 0 Å². The van der Waals surface area contributed by atoms with E-state index < -0.39 is 0 Å². The molecule has 2 aromatic heterocycles. The predicted molar refractivity (Wildman–Crippen MR) is 227 cm³/mol. The molecule has 4 heteroatoms. The predicted octanol–water partition coefficient (Wildman–Crippen LogP) is 15.0. The minimum Gasteiger partial charge on any atom is -0.310 e. The lowest BCUT2D eigenvalue weighted by Gasteiger charge is -2.26. The first-order chi connectivity index (χ1) is 25.8. The van der Waals surface area contributed by atoms with Crippen molar-refractivity contribution in [3.8, 4) is 11.1 Å². The number of anilines is 6. The van der Waals surface area contributed by atoms with Crippen LogP contribution in [0.4, 0.5) is 34.1 Å². The Bertz CT molecular complexity index is 2640. The second-order valence-corrected chi connectivity index (χ2v) is 15.2. The Morgan fingerprint density at radius 2 is 0.577 bits per heavy atom. The standard InChI is InChI=1S/C48H32N2S2/c1-3-11-35(12-4-1)49(39-27-29-47-43(31-39)41-15-7-9-17-45(41)51-47)37-23-19-33(20-24-37)34-21-25-38(26-22-34)50(36-13-5-2-6-14-36)40-28-30-48-44(32-40)42-16-8-10-18-46(42)52-48/h1-32H. The van der Waals surface area contributed by atoms with Crippen molar-refractivity contribution in [2.24, 2.45) is 0 Å². The molecule has 52 heavy (non-hydrogen) atoms. The number of para-hydroxylation sites is 2. The molecule has 10 aromatic rings. The molecule has 246 valence electrons. The molecule has 0 fully saturated rings. The maximum absolute atomic E-state index is 2.35. The van der Waals surface area contributed by atoms with E-state index in [9.17, 15) is 0 Å². The van der Waals surface area contributed by atoms with Crippen molar-refractivity contribution in [3.63, 3.8) is 0 Å². The number of fused-ring (bicyclic) bond motifs is 6. The third-order valence-electron chi connectivity index (χ3n) is 9.85. The van der Waals surface area contributed by atoms with Crippen LogP contribution in [0.25, 0.3) is 51.5 Å². The van der Waals surface area contributed by atoms with Gasteiger partial charge in [0, 0.05) is 74.5 Å². The largest absolute Gasteiger partial charge is 0.310 e. The highest BCUT2D eigenvalue weighted by Crippen LogP contribution is 2.43. The van der Waals surface area contributed by atoms with Crippen LogP contribution in [0.2, 0.25) is 0 Å². The number of benzene rings is 8. The molecule has 0 aliphatic heterocycles. The molecule has 0 bridgehead atoms. The van der Waals surface area contributed by atoms with Crippen molar-refractivity contribution < 1.29 is 0 Å². The topological polar surface area (TPSA) is 6.48 Å². The molecule has 0 unspecified atom stereocenters. The molecule has 10 rings (SSSR count). The van der Waals surface area contributed by atoms with Crippen molar-refractivity contribution in [1.29, 1.82) is 0 Å². The molecule has 0 spiro atoms. The number of hydrogen-bond donors (Lipinski definition) is 0. The van der Waals surface area contributed by atoms with Gasteiger partial charge >= 0.3 is 0 Å². The van der Waals surface area contributed by atoms with Crippen LogP contribution in [-0.4, -0.2) is 0 Å². The quantitative estimate of drug-likeness (QED) is 0.163. The average molecular weight is 701 g/mol. The summed E-state index contributed by atoms with van der Waals surface area (Å²) in [6.45, 7) is 0. The molecule has 0 N–H and O–H groups in total. The molecule has 0 amide bonds. The zero-order chi connectivity index (χ0) is 34.4. The normalized spacial score (nSPS) is 11.5. The third kappa shape index (κ3) is 5.41. The Balaban J connectivity index is 0.999. The summed E-state index contributed by atoms with van der Waals surface area (Å²) < 4.78 is 5.26. The lowest BCUT2D eigenvalue weighted by molar-refractivity contribution is 1.29. The second-order valence-electron chi connectivity index (χ2n) is 13.0. The molecule has 2 nitrogen and oxygen atoms in total. The summed E-state index contributed by atoms with van der Waals surface area (Å²) in [7, 11) is 0. The molecule has 0 atom stereocenters. The van der Waals surface area contributed by atoms with E-state index in [1.165, 1.54) is 51.5 Å². The number of hydrogen-bond acceptors (Lipinski definition) is 4. The highest BCUT2D eigenvalue weighted by Gasteiger charge is 2.17. The Morgan fingerprint density at radius 3 is 1.00 bits per heavy atom. The van der Waals surface area contributed by atoms with Gasteiger partial charge in [0.15, 0.2) is 0 Å². The van der Waals surface area contributed by atoms with E-state index in [-0.39, 0.29) is 0 Å². The SMILES string of the molecule is c1ccc(N(c2ccc(-c3ccc(N(c4ccccc4)c4ccc5sc6ccccc6c5c4)cc3)cc2)c2ccc3sc4ccccc4c3c2)cc1. The fraction of sp³-hybridized carbons (Fsp3) is 0. The molecule has 0 radical (unpaired) electrons. The van der Waals surface area contributed by atoms with E-state index in [4.69, 9.17) is 0 Å². The van der Waals surface area contributed by atoms with Gasteiger partial charge in [0.05, 0.1) is 0 Å². The van der Waals surface area contributed by atoms with Gasteiger partial charge < -0.3 is 9.80 Å². The van der Waals surface area contributed by atoms with Gasteiger partial charge in [-0.05, 0) is 108 Å². The van der Waals surface area contributed by atoms with Gasteiger partial charge in [-0.3, -0.25) is 0 Å². The highest BCUT2D eigenvalue weighted by molar-refractivity contribution is 7.26. The lowest BCUT2D eigenvalue weighted by atomic mass is 10.0. The van der Waals surface area contributed by atoms with Gasteiger partial charge in [0.2, 0.25) is 0 Å². The minimum absolute atomic E-state index is 1.12. The summed E-state index contributed by atoms with van der Waals surface area (Å²) in [5, 5.41) is 5.21. The second kappa shape index (κ2) is 12.8. The van der Waals surface area contributed by atoms with Crippen molar-refractivity contribution in [2.45, 2.75) is 0 Å². The number of rotatable bonds is 7. The van der Waals surface area contributed by atoms with Gasteiger partial charge in [-0.15, -0.1) is 22.7 Å². The van der Waals surface area contributed by atoms with Crippen LogP contribution in [-0.2, 0) is 0 Å². The molecule has 2 heterocycles. The summed E-state index contributed by atoms with van der Waals surface area (Å²) in [6.07, 6.45) is 0. The maximum Gasteiger partial charge on any atom is 0.0468 e. The number of thiophene rings is 2. The van der Waals surface area contributed by atoms with E-state index in [1.54, 1.807) is 0 Å². The maximum atomic E-state index is 2.35. The van der Waals surface area contributed by atoms with Gasteiger partial charge in [0.25, 0.3) is 0 Å². The average Bonchev–Trinajstić information content (AvgIpc) is 3.77. The van der Waals surface area contributed by atoms with Gasteiger partial charge in [-0.1, -0.05) is 97.1 Å². The van der Waals surface area contributed by atoms with E-state index >= 15 is 0 Å². The van der Waals surface area contributed by atoms with Crippen LogP contribution < -0.4 is 9.80 Å². The van der Waals surface area contributed by atoms with Crippen LogP contribution in [0.15, 0.2) is 194 Å². The fourth-order valence-corrected chi connectivity index (χ4v) is 9.53. The zero-order valence-electron chi connectivity index (χ0n) is 28.2. The van der Waals surface area contributed by atoms with Crippen LogP contribution in [0.3, 0.4) is 0 Å². The summed E-state index contributed by atoms with van der Waals surface area (Å²) in [4.78, 5) is 4.70. The molecule has 8 aromatic carbocycles. The van der Waals surface area contributed by atoms with Crippen molar-refractivity contribution in [3.05, 3.63) is 194 Å². The Labute approximate surface area is 310 Å². The first-order valence-corrected chi connectivity index (χ1v) is 19.1. The minimum atomic E-state index is 1.12. The smallest absolute Gasteiger partial charge is 0.0468 e. The highest BCUT2D eigenvalue weighted by atomic mass is 32.1. The van der Waals surface area contributed by atoms with Crippen LogP contribution in [0.1, 0.15) is 0 Å². The Morgan fingerprint density at radius 1 is 0.250 bits per heavy atom. The van der Waals surface area contributed by atoms with Gasteiger partial charge in [-0.2, -0.15) is 0 Å². The molecular weight excluding hydrogens is 669 g/mol. The molecule has 0 saturated carbocycles. The summed E-state index contributed by atoms with van der Waals surface area (Å²) in [5.41, 5.74) is 9.17. The molecule has 0 aliphatic rings. The Hall–Kier alpha value is -6.20. The lowest BCUT2D eigenvalue weighted by Crippen LogP contribution is -2.10. The third-order valence-corrected chi connectivity index (χ3v) is 12.2. The van der Waals surface area contributed by atoms with E-state index in [2.05, 4.69) is 204 Å². The van der Waals surface area contributed by atoms with Crippen LogP contribution >= 0.6 is 22.7 Å². The van der Waals surface area contributed by atoms with E-state index in [0.29, 0.717) is 0 Å². The van der Waals surface area contributed by atoms with Crippen LogP contribution in [0, 0.1) is 0 Å². The molecular formula is C48H32N2S2. The Kier molecular flexibility index (Phi) is 7.56. The molecule has 0 aliphatic carbocycles. The van der Waals surface area contributed by atoms with Gasteiger partial charge in [0.1, 0.15) is 0 Å². The van der Waals surface area contributed by atoms with Crippen molar-refractivity contribution >= 4 is 97.1 Å². The molecule has 0 saturated heterocycles. The van der Waals surface area contributed by atoms with E-state index in [1.807, 2.05) is 22.7 Å².